The Balaban J connectivity index is 3.03. The van der Waals surface area contributed by atoms with Gasteiger partial charge in [-0.2, -0.15) is 13.2 Å². The van der Waals surface area contributed by atoms with Gasteiger partial charge in [0.25, 0.3) is 0 Å². The molecule has 1 N–H and O–H groups in total. The van der Waals surface area contributed by atoms with E-state index in [1.807, 2.05) is 0 Å². The molecule has 0 heterocycles. The fourth-order valence-corrected chi connectivity index (χ4v) is 1.03. The minimum absolute atomic E-state index is 0.0748. The maximum absolute atomic E-state index is 12.7. The van der Waals surface area contributed by atoms with Crippen LogP contribution in [-0.2, 0) is 0 Å². The Labute approximate surface area is 78.0 Å². The molecule has 0 aliphatic rings. The van der Waals surface area contributed by atoms with Gasteiger partial charge in [0.15, 0.2) is 6.10 Å². The second-order valence-corrected chi connectivity index (χ2v) is 2.95. The van der Waals surface area contributed by atoms with Crippen molar-refractivity contribution in [2.45, 2.75) is 19.2 Å². The fourth-order valence-electron chi connectivity index (χ4n) is 1.03. The molecule has 5 heteroatoms. The van der Waals surface area contributed by atoms with Crippen molar-refractivity contribution in [1.82, 2.24) is 0 Å². The van der Waals surface area contributed by atoms with Crippen molar-refractivity contribution in [1.29, 1.82) is 0 Å². The van der Waals surface area contributed by atoms with Gasteiger partial charge in [0.05, 0.1) is 0 Å². The van der Waals surface area contributed by atoms with E-state index in [1.165, 1.54) is 6.92 Å². The lowest BCUT2D eigenvalue weighted by Crippen LogP contribution is -2.20. The molecule has 1 rings (SSSR count). The number of benzene rings is 1. The standard InChI is InChI=1S/C9H8F4O/c1-5-4-6(2-3-7(5)10)8(14)9(11,12)13/h2-4,8,14H,1H3. The zero-order chi connectivity index (χ0) is 10.9. The highest BCUT2D eigenvalue weighted by atomic mass is 19.4. The first kappa shape index (κ1) is 11.0. The van der Waals surface area contributed by atoms with Gasteiger partial charge in [-0.3, -0.25) is 0 Å². The highest BCUT2D eigenvalue weighted by Gasteiger charge is 2.39. The van der Waals surface area contributed by atoms with Gasteiger partial charge in [0, 0.05) is 0 Å². The zero-order valence-corrected chi connectivity index (χ0v) is 7.27. The Morgan fingerprint density at radius 1 is 1.29 bits per heavy atom. The van der Waals surface area contributed by atoms with Gasteiger partial charge in [0.1, 0.15) is 5.82 Å². The monoisotopic (exact) mass is 208 g/mol. The first-order chi connectivity index (χ1) is 6.32. The molecule has 1 unspecified atom stereocenters. The van der Waals surface area contributed by atoms with Crippen molar-refractivity contribution in [3.05, 3.63) is 35.1 Å². The van der Waals surface area contributed by atoms with E-state index in [9.17, 15) is 17.6 Å². The van der Waals surface area contributed by atoms with Gasteiger partial charge in [-0.1, -0.05) is 12.1 Å². The summed E-state index contributed by atoms with van der Waals surface area (Å²) < 4.78 is 48.8. The Bertz CT molecular complexity index is 332. The highest BCUT2D eigenvalue weighted by molar-refractivity contribution is 5.26. The summed E-state index contributed by atoms with van der Waals surface area (Å²) >= 11 is 0. The van der Waals surface area contributed by atoms with Crippen LogP contribution >= 0.6 is 0 Å². The third-order valence-electron chi connectivity index (χ3n) is 1.81. The number of aryl methyl sites for hydroxylation is 1. The molecule has 1 aromatic carbocycles. The molecule has 0 spiro atoms. The molecule has 0 saturated heterocycles. The molecular formula is C9H8F4O. The number of halogens is 4. The predicted molar refractivity (Wildman–Crippen MR) is 42.2 cm³/mol. The number of hydrogen-bond acceptors (Lipinski definition) is 1. The quantitative estimate of drug-likeness (QED) is 0.703. The molecule has 0 aromatic heterocycles. The van der Waals surface area contributed by atoms with E-state index in [4.69, 9.17) is 5.11 Å². The van der Waals surface area contributed by atoms with Crippen molar-refractivity contribution < 1.29 is 22.7 Å². The molecule has 1 aromatic rings. The number of alkyl halides is 3. The summed E-state index contributed by atoms with van der Waals surface area (Å²) in [6.07, 6.45) is -7.27. The van der Waals surface area contributed by atoms with Crippen LogP contribution in [0.3, 0.4) is 0 Å². The van der Waals surface area contributed by atoms with Gasteiger partial charge in [0.2, 0.25) is 0 Å². The van der Waals surface area contributed by atoms with Crippen LogP contribution in [-0.4, -0.2) is 11.3 Å². The van der Waals surface area contributed by atoms with Crippen molar-refractivity contribution in [3.63, 3.8) is 0 Å². The van der Waals surface area contributed by atoms with Gasteiger partial charge >= 0.3 is 6.18 Å². The molecule has 0 aliphatic heterocycles. The molecule has 14 heavy (non-hydrogen) atoms. The molecule has 0 saturated carbocycles. The normalized spacial score (nSPS) is 14.1. The van der Waals surface area contributed by atoms with E-state index in [0.29, 0.717) is 0 Å². The van der Waals surface area contributed by atoms with Gasteiger partial charge in [-0.05, 0) is 24.1 Å². The Morgan fingerprint density at radius 3 is 2.29 bits per heavy atom. The molecule has 1 atom stereocenters. The summed E-state index contributed by atoms with van der Waals surface area (Å²) in [6, 6.07) is 2.80. The molecule has 1 nitrogen and oxygen atoms in total. The third-order valence-corrected chi connectivity index (χ3v) is 1.81. The van der Waals surface area contributed by atoms with Crippen molar-refractivity contribution in [2.24, 2.45) is 0 Å². The summed E-state index contributed by atoms with van der Waals surface area (Å²) in [5.74, 6) is -0.594. The van der Waals surface area contributed by atoms with Crippen LogP contribution in [0.4, 0.5) is 17.6 Å². The lowest BCUT2D eigenvalue weighted by Gasteiger charge is -2.15. The molecular weight excluding hydrogens is 200 g/mol. The first-order valence-electron chi connectivity index (χ1n) is 3.83. The number of aliphatic hydroxyl groups is 1. The SMILES string of the molecule is Cc1cc(C(O)C(F)(F)F)ccc1F. The number of aliphatic hydroxyl groups excluding tert-OH is 1. The van der Waals surface area contributed by atoms with Crippen LogP contribution in [0, 0.1) is 12.7 Å². The smallest absolute Gasteiger partial charge is 0.379 e. The van der Waals surface area contributed by atoms with E-state index in [-0.39, 0.29) is 11.1 Å². The predicted octanol–water partition coefficient (Wildman–Crippen LogP) is 2.73. The third kappa shape index (κ3) is 2.23. The fraction of sp³-hybridized carbons (Fsp3) is 0.333. The van der Waals surface area contributed by atoms with Gasteiger partial charge in [-0.25, -0.2) is 4.39 Å². The maximum Gasteiger partial charge on any atom is 0.418 e. The van der Waals surface area contributed by atoms with Crippen molar-refractivity contribution >= 4 is 0 Å². The van der Waals surface area contributed by atoms with Crippen LogP contribution in [0.25, 0.3) is 0 Å². The topological polar surface area (TPSA) is 20.2 Å². The first-order valence-corrected chi connectivity index (χ1v) is 3.83. The van der Waals surface area contributed by atoms with E-state index < -0.39 is 18.1 Å². The lowest BCUT2D eigenvalue weighted by atomic mass is 10.1. The van der Waals surface area contributed by atoms with E-state index in [0.717, 1.165) is 18.2 Å². The molecule has 0 fully saturated rings. The zero-order valence-electron chi connectivity index (χ0n) is 7.27. The van der Waals surface area contributed by atoms with Crippen LogP contribution in [0.2, 0.25) is 0 Å². The van der Waals surface area contributed by atoms with Gasteiger partial charge < -0.3 is 5.11 Å². The summed E-state index contributed by atoms with van der Waals surface area (Å²) in [7, 11) is 0. The maximum atomic E-state index is 12.7. The Morgan fingerprint density at radius 2 is 1.86 bits per heavy atom. The number of hydrogen-bond donors (Lipinski definition) is 1. The van der Waals surface area contributed by atoms with Crippen LogP contribution in [0.1, 0.15) is 17.2 Å². The van der Waals surface area contributed by atoms with Crippen molar-refractivity contribution in [2.75, 3.05) is 0 Å². The second kappa shape index (κ2) is 3.57. The summed E-state index contributed by atoms with van der Waals surface area (Å²) in [6.45, 7) is 1.34. The van der Waals surface area contributed by atoms with Crippen LogP contribution < -0.4 is 0 Å². The van der Waals surface area contributed by atoms with E-state index in [1.54, 1.807) is 0 Å². The van der Waals surface area contributed by atoms with Crippen LogP contribution in [0.5, 0.6) is 0 Å². The average molecular weight is 208 g/mol. The molecule has 0 amide bonds. The van der Waals surface area contributed by atoms with Gasteiger partial charge in [-0.15, -0.1) is 0 Å². The largest absolute Gasteiger partial charge is 0.418 e. The Kier molecular flexibility index (Phi) is 2.80. The lowest BCUT2D eigenvalue weighted by molar-refractivity contribution is -0.206. The summed E-state index contributed by atoms with van der Waals surface area (Å²) in [4.78, 5) is 0. The molecule has 0 radical (unpaired) electrons. The Hall–Kier alpha value is -1.10. The second-order valence-electron chi connectivity index (χ2n) is 2.95. The number of rotatable bonds is 1. The highest BCUT2D eigenvalue weighted by Crippen LogP contribution is 2.32. The molecule has 0 aliphatic carbocycles. The van der Waals surface area contributed by atoms with E-state index >= 15 is 0 Å². The van der Waals surface area contributed by atoms with Crippen LogP contribution in [0.15, 0.2) is 18.2 Å². The van der Waals surface area contributed by atoms with Crippen molar-refractivity contribution in [3.8, 4) is 0 Å². The summed E-state index contributed by atoms with van der Waals surface area (Å²) in [5.41, 5.74) is -0.276. The average Bonchev–Trinajstić information content (AvgIpc) is 2.07. The van der Waals surface area contributed by atoms with E-state index in [2.05, 4.69) is 0 Å². The summed E-state index contributed by atoms with van der Waals surface area (Å²) in [5, 5.41) is 8.82. The molecule has 78 valence electrons. The minimum Gasteiger partial charge on any atom is -0.379 e. The molecule has 0 bridgehead atoms. The minimum atomic E-state index is -4.72.